The Bertz CT molecular complexity index is 714. The summed E-state index contributed by atoms with van der Waals surface area (Å²) in [7, 11) is 1.63. The molecule has 0 saturated carbocycles. The molecule has 26 heavy (non-hydrogen) atoms. The van der Waals surface area contributed by atoms with Crippen molar-refractivity contribution in [3.05, 3.63) is 30.2 Å². The van der Waals surface area contributed by atoms with Gasteiger partial charge in [0.25, 0.3) is 0 Å². The van der Waals surface area contributed by atoms with Gasteiger partial charge in [0.05, 0.1) is 7.11 Å². The highest BCUT2D eigenvalue weighted by molar-refractivity contribution is 5.74. The Morgan fingerprint density at radius 3 is 2.88 bits per heavy atom. The summed E-state index contributed by atoms with van der Waals surface area (Å²) in [5.74, 6) is 1.81. The molecule has 2 amide bonds. The molecule has 2 aromatic rings. The van der Waals surface area contributed by atoms with Crippen LogP contribution in [0.2, 0.25) is 0 Å². The van der Waals surface area contributed by atoms with E-state index in [-0.39, 0.29) is 12.1 Å². The molecule has 0 radical (unpaired) electrons. The van der Waals surface area contributed by atoms with Crippen molar-refractivity contribution in [1.82, 2.24) is 20.4 Å². The second-order valence-corrected chi connectivity index (χ2v) is 6.48. The fourth-order valence-corrected chi connectivity index (χ4v) is 3.13. The van der Waals surface area contributed by atoms with E-state index in [1.807, 2.05) is 29.2 Å². The molecule has 1 aromatic carbocycles. The molecule has 1 atom stereocenters. The molecule has 1 aliphatic heterocycles. The fourth-order valence-electron chi connectivity index (χ4n) is 3.13. The molecule has 1 saturated heterocycles. The van der Waals surface area contributed by atoms with Gasteiger partial charge >= 0.3 is 6.03 Å². The number of rotatable bonds is 6. The maximum atomic E-state index is 12.5. The first-order valence-electron chi connectivity index (χ1n) is 9.25. The van der Waals surface area contributed by atoms with Crippen LogP contribution >= 0.6 is 0 Å². The summed E-state index contributed by atoms with van der Waals surface area (Å²) in [6.45, 7) is 3.51. The van der Waals surface area contributed by atoms with Crippen molar-refractivity contribution in [2.24, 2.45) is 0 Å². The van der Waals surface area contributed by atoms with Gasteiger partial charge in [-0.15, -0.1) is 0 Å². The molecule has 7 nitrogen and oxygen atoms in total. The van der Waals surface area contributed by atoms with Crippen LogP contribution in [0, 0.1) is 0 Å². The maximum absolute atomic E-state index is 12.5. The Kier molecular flexibility index (Phi) is 6.09. The van der Waals surface area contributed by atoms with Gasteiger partial charge in [-0.1, -0.05) is 18.5 Å². The van der Waals surface area contributed by atoms with E-state index in [1.54, 1.807) is 7.11 Å². The molecular formula is C19H26N4O3. The minimum atomic E-state index is -0.162. The average molecular weight is 358 g/mol. The van der Waals surface area contributed by atoms with Crippen LogP contribution < -0.4 is 10.1 Å². The number of urea groups is 1. The maximum Gasteiger partial charge on any atom is 0.318 e. The van der Waals surface area contributed by atoms with Crippen LogP contribution in [0.3, 0.4) is 0 Å². The Labute approximate surface area is 153 Å². The third-order valence-electron chi connectivity index (χ3n) is 4.65. The second-order valence-electron chi connectivity index (χ2n) is 6.48. The fraction of sp³-hybridized carbons (Fsp3) is 0.526. The minimum absolute atomic E-state index is 0.0488. The van der Waals surface area contributed by atoms with Crippen LogP contribution in [0.5, 0.6) is 5.75 Å². The average Bonchev–Trinajstić information content (AvgIpc) is 3.18. The van der Waals surface area contributed by atoms with Crippen LogP contribution in [0.15, 0.2) is 28.8 Å². The molecule has 7 heteroatoms. The molecule has 3 rings (SSSR count). The molecule has 0 aliphatic carbocycles. The number of methoxy groups -OCH3 is 1. The number of likely N-dealkylation sites (tertiary alicyclic amines) is 1. The van der Waals surface area contributed by atoms with Crippen molar-refractivity contribution in [2.75, 3.05) is 20.2 Å². The largest absolute Gasteiger partial charge is 0.497 e. The first-order valence-corrected chi connectivity index (χ1v) is 9.25. The lowest BCUT2D eigenvalue weighted by molar-refractivity contribution is 0.132. The van der Waals surface area contributed by atoms with E-state index >= 15 is 0 Å². The van der Waals surface area contributed by atoms with E-state index in [0.29, 0.717) is 24.8 Å². The van der Waals surface area contributed by atoms with Gasteiger partial charge in [-0.25, -0.2) is 4.79 Å². The molecule has 140 valence electrons. The molecule has 2 heterocycles. The number of hydrogen-bond acceptors (Lipinski definition) is 5. The normalized spacial score (nSPS) is 17.2. The summed E-state index contributed by atoms with van der Waals surface area (Å²) in [5, 5.41) is 7.09. The van der Waals surface area contributed by atoms with Gasteiger partial charge in [-0.3, -0.25) is 0 Å². The van der Waals surface area contributed by atoms with Crippen molar-refractivity contribution in [2.45, 2.75) is 45.1 Å². The number of hydrogen-bond donors (Lipinski definition) is 1. The number of unbranched alkanes of at least 4 members (excludes halogenated alkanes) is 1. The lowest BCUT2D eigenvalue weighted by Crippen LogP contribution is -2.45. The summed E-state index contributed by atoms with van der Waals surface area (Å²) in [4.78, 5) is 18.9. The van der Waals surface area contributed by atoms with E-state index in [1.165, 1.54) is 0 Å². The molecule has 0 bridgehead atoms. The Hall–Kier alpha value is -2.57. The highest BCUT2D eigenvalue weighted by Crippen LogP contribution is 2.31. The van der Waals surface area contributed by atoms with Gasteiger partial charge in [0.1, 0.15) is 11.8 Å². The van der Waals surface area contributed by atoms with Crippen LogP contribution in [0.1, 0.15) is 51.0 Å². The zero-order valence-corrected chi connectivity index (χ0v) is 15.4. The number of carbonyl (C=O) groups excluding carboxylic acids is 1. The van der Waals surface area contributed by atoms with Crippen LogP contribution in [-0.2, 0) is 0 Å². The summed E-state index contributed by atoms with van der Waals surface area (Å²) >= 11 is 0. The van der Waals surface area contributed by atoms with E-state index < -0.39 is 0 Å². The van der Waals surface area contributed by atoms with Gasteiger partial charge in [-0.05, 0) is 49.9 Å². The van der Waals surface area contributed by atoms with Gasteiger partial charge in [0.15, 0.2) is 0 Å². The third kappa shape index (κ3) is 4.15. The molecule has 1 unspecified atom stereocenters. The summed E-state index contributed by atoms with van der Waals surface area (Å²) in [6, 6.07) is 7.30. The molecular weight excluding hydrogens is 332 g/mol. The zero-order chi connectivity index (χ0) is 18.4. The monoisotopic (exact) mass is 358 g/mol. The van der Waals surface area contributed by atoms with Crippen molar-refractivity contribution in [1.29, 1.82) is 0 Å². The molecule has 1 fully saturated rings. The summed E-state index contributed by atoms with van der Waals surface area (Å²) in [6.07, 6.45) is 4.91. The molecule has 1 aliphatic rings. The number of carbonyl (C=O) groups is 1. The van der Waals surface area contributed by atoms with E-state index in [4.69, 9.17) is 9.26 Å². The predicted octanol–water partition coefficient (Wildman–Crippen LogP) is 3.78. The standard InChI is InChI=1S/C19H26N4O3/c1-3-4-12-20-19(24)23-13-6-5-7-16(23)18-21-17(22-26-18)14-8-10-15(25-2)11-9-14/h8-11,16H,3-7,12-13H2,1-2H3,(H,20,24). The highest BCUT2D eigenvalue weighted by atomic mass is 16.5. The Balaban J connectivity index is 1.73. The van der Waals surface area contributed by atoms with E-state index in [9.17, 15) is 4.79 Å². The first kappa shape index (κ1) is 18.2. The number of amides is 2. The van der Waals surface area contributed by atoms with E-state index in [2.05, 4.69) is 22.4 Å². The second kappa shape index (κ2) is 8.69. The number of nitrogens with zero attached hydrogens (tertiary/aromatic N) is 3. The van der Waals surface area contributed by atoms with Gasteiger partial charge in [0, 0.05) is 18.7 Å². The lowest BCUT2D eigenvalue weighted by atomic mass is 10.0. The first-order chi connectivity index (χ1) is 12.7. The van der Waals surface area contributed by atoms with Crippen molar-refractivity contribution < 1.29 is 14.1 Å². The lowest BCUT2D eigenvalue weighted by Gasteiger charge is -2.33. The predicted molar refractivity (Wildman–Crippen MR) is 97.9 cm³/mol. The van der Waals surface area contributed by atoms with Crippen LogP contribution in [0.25, 0.3) is 11.4 Å². The number of benzene rings is 1. The van der Waals surface area contributed by atoms with Crippen molar-refractivity contribution >= 4 is 6.03 Å². The molecule has 1 aromatic heterocycles. The highest BCUT2D eigenvalue weighted by Gasteiger charge is 2.32. The molecule has 1 N–H and O–H groups in total. The topological polar surface area (TPSA) is 80.5 Å². The van der Waals surface area contributed by atoms with Crippen LogP contribution in [0.4, 0.5) is 4.79 Å². The number of nitrogens with one attached hydrogen (secondary N) is 1. The van der Waals surface area contributed by atoms with Crippen molar-refractivity contribution in [3.8, 4) is 17.1 Å². The number of piperidine rings is 1. The van der Waals surface area contributed by atoms with Crippen LogP contribution in [-0.4, -0.2) is 41.3 Å². The van der Waals surface area contributed by atoms with E-state index in [0.717, 1.165) is 43.4 Å². The molecule has 0 spiro atoms. The number of ether oxygens (including phenoxy) is 1. The smallest absolute Gasteiger partial charge is 0.318 e. The SMILES string of the molecule is CCCCNC(=O)N1CCCCC1c1nc(-c2ccc(OC)cc2)no1. The van der Waals surface area contributed by atoms with Gasteiger partial charge in [0.2, 0.25) is 11.7 Å². The zero-order valence-electron chi connectivity index (χ0n) is 15.4. The van der Waals surface area contributed by atoms with Crippen molar-refractivity contribution in [3.63, 3.8) is 0 Å². The third-order valence-corrected chi connectivity index (χ3v) is 4.65. The number of aromatic nitrogens is 2. The quantitative estimate of drug-likeness (QED) is 0.795. The Morgan fingerprint density at radius 1 is 1.35 bits per heavy atom. The summed E-state index contributed by atoms with van der Waals surface area (Å²) in [5.41, 5.74) is 0.857. The minimum Gasteiger partial charge on any atom is -0.497 e. The van der Waals surface area contributed by atoms with Gasteiger partial charge < -0.3 is 19.5 Å². The Morgan fingerprint density at radius 2 is 2.15 bits per heavy atom. The summed E-state index contributed by atoms with van der Waals surface area (Å²) < 4.78 is 10.7. The van der Waals surface area contributed by atoms with Gasteiger partial charge in [-0.2, -0.15) is 4.98 Å².